The van der Waals surface area contributed by atoms with Gasteiger partial charge in [-0.15, -0.1) is 0 Å². The summed E-state index contributed by atoms with van der Waals surface area (Å²) in [4.78, 5) is 43.9. The van der Waals surface area contributed by atoms with E-state index in [4.69, 9.17) is 4.52 Å². The second-order valence-electron chi connectivity index (χ2n) is 7.39. The summed E-state index contributed by atoms with van der Waals surface area (Å²) in [5.74, 6) is 0.772. The van der Waals surface area contributed by atoms with Crippen molar-refractivity contribution in [2.75, 3.05) is 6.54 Å². The van der Waals surface area contributed by atoms with Crippen molar-refractivity contribution in [1.82, 2.24) is 29.6 Å². The van der Waals surface area contributed by atoms with Crippen molar-refractivity contribution in [3.05, 3.63) is 68.3 Å². The van der Waals surface area contributed by atoms with Crippen LogP contribution >= 0.6 is 0 Å². The van der Waals surface area contributed by atoms with Crippen LogP contribution in [0.3, 0.4) is 0 Å². The first-order chi connectivity index (χ1) is 14.8. The number of amides is 1. The molecule has 3 heterocycles. The number of nitrogens with zero attached hydrogens (tertiary/aromatic N) is 4. The summed E-state index contributed by atoms with van der Waals surface area (Å²) in [6.07, 6.45) is 1.09. The van der Waals surface area contributed by atoms with Gasteiger partial charge >= 0.3 is 5.69 Å². The molecule has 4 rings (SSSR count). The fourth-order valence-electron chi connectivity index (χ4n) is 3.28. The average molecular weight is 422 g/mol. The molecule has 4 aromatic rings. The molecule has 10 nitrogen and oxygen atoms in total. The maximum absolute atomic E-state index is 12.3. The highest BCUT2D eigenvalue weighted by atomic mass is 16.5. The van der Waals surface area contributed by atoms with E-state index in [1.165, 1.54) is 11.6 Å². The van der Waals surface area contributed by atoms with E-state index in [2.05, 4.69) is 20.4 Å². The minimum absolute atomic E-state index is 0.206. The van der Waals surface area contributed by atoms with Crippen LogP contribution in [0.2, 0.25) is 0 Å². The Kier molecular flexibility index (Phi) is 5.28. The zero-order valence-electron chi connectivity index (χ0n) is 17.4. The maximum Gasteiger partial charge on any atom is 0.332 e. The van der Waals surface area contributed by atoms with E-state index < -0.39 is 11.2 Å². The summed E-state index contributed by atoms with van der Waals surface area (Å²) in [6.45, 7) is 2.38. The lowest BCUT2D eigenvalue weighted by Crippen LogP contribution is -2.36. The van der Waals surface area contributed by atoms with Crippen LogP contribution in [0.5, 0.6) is 0 Å². The smallest absolute Gasteiger partial charge is 0.332 e. The van der Waals surface area contributed by atoms with E-state index in [9.17, 15) is 14.4 Å². The third-order valence-corrected chi connectivity index (χ3v) is 5.10. The summed E-state index contributed by atoms with van der Waals surface area (Å²) in [6, 6.07) is 9.35. The van der Waals surface area contributed by atoms with Crippen LogP contribution in [0.25, 0.3) is 22.5 Å². The molecule has 0 saturated carbocycles. The summed E-state index contributed by atoms with van der Waals surface area (Å²) in [5, 5.41) is 6.64. The molecule has 1 amide bonds. The van der Waals surface area contributed by atoms with E-state index in [-0.39, 0.29) is 17.1 Å². The molecular formula is C21H22N6O4. The van der Waals surface area contributed by atoms with Gasteiger partial charge in [-0.25, -0.2) is 9.78 Å². The van der Waals surface area contributed by atoms with Crippen molar-refractivity contribution in [2.45, 2.75) is 19.8 Å². The zero-order valence-corrected chi connectivity index (χ0v) is 17.4. The Labute approximate surface area is 176 Å². The second kappa shape index (κ2) is 8.05. The Balaban J connectivity index is 1.36. The third kappa shape index (κ3) is 3.91. The van der Waals surface area contributed by atoms with Gasteiger partial charge in [0.2, 0.25) is 0 Å². The highest BCUT2D eigenvalue weighted by Crippen LogP contribution is 2.20. The molecule has 2 N–H and O–H groups in total. The Morgan fingerprint density at radius 2 is 1.90 bits per heavy atom. The number of H-pyrrole nitrogens is 1. The molecule has 0 bridgehead atoms. The van der Waals surface area contributed by atoms with Crippen LogP contribution in [0.1, 0.15) is 28.3 Å². The number of carbonyl (C=O) groups is 1. The van der Waals surface area contributed by atoms with Gasteiger partial charge < -0.3 is 14.8 Å². The molecular weight excluding hydrogens is 400 g/mol. The van der Waals surface area contributed by atoms with Crippen LogP contribution in [-0.4, -0.2) is 36.7 Å². The fraction of sp³-hybridized carbons (Fsp3) is 0.286. The van der Waals surface area contributed by atoms with Gasteiger partial charge in [0.1, 0.15) is 11.3 Å². The number of nitrogens with one attached hydrogen (secondary N) is 2. The monoisotopic (exact) mass is 422 g/mol. The molecule has 0 unspecified atom stereocenters. The van der Waals surface area contributed by atoms with Gasteiger partial charge in [0.25, 0.3) is 11.5 Å². The summed E-state index contributed by atoms with van der Waals surface area (Å²) >= 11 is 0. The molecule has 0 radical (unpaired) electrons. The quantitative estimate of drug-likeness (QED) is 0.451. The van der Waals surface area contributed by atoms with E-state index in [0.29, 0.717) is 36.6 Å². The van der Waals surface area contributed by atoms with Crippen molar-refractivity contribution >= 4 is 17.1 Å². The topological polar surface area (TPSA) is 128 Å². The molecule has 0 aliphatic carbocycles. The van der Waals surface area contributed by atoms with Gasteiger partial charge in [-0.2, -0.15) is 0 Å². The largest absolute Gasteiger partial charge is 0.355 e. The minimum atomic E-state index is -0.430. The second-order valence-corrected chi connectivity index (χ2v) is 7.39. The first-order valence-corrected chi connectivity index (χ1v) is 9.81. The molecule has 0 saturated heterocycles. The van der Waals surface area contributed by atoms with E-state index in [1.807, 2.05) is 31.2 Å². The number of aromatic nitrogens is 5. The molecule has 0 aliphatic rings. The predicted molar refractivity (Wildman–Crippen MR) is 114 cm³/mol. The number of aromatic amines is 1. The summed E-state index contributed by atoms with van der Waals surface area (Å²) < 4.78 is 7.64. The SMILES string of the molecule is Cc1ccc(-c2cc(C(=O)NCCCc3nc4c([nH]3)c(=O)n(C)c(=O)n4C)no2)cc1. The molecule has 3 aromatic heterocycles. The number of fused-ring (bicyclic) bond motifs is 1. The lowest BCUT2D eigenvalue weighted by atomic mass is 10.1. The molecule has 10 heteroatoms. The lowest BCUT2D eigenvalue weighted by molar-refractivity contribution is 0.0944. The van der Waals surface area contributed by atoms with Crippen LogP contribution < -0.4 is 16.6 Å². The van der Waals surface area contributed by atoms with Crippen molar-refractivity contribution in [3.8, 4) is 11.3 Å². The number of imidazole rings is 1. The molecule has 0 atom stereocenters. The van der Waals surface area contributed by atoms with E-state index in [1.54, 1.807) is 13.1 Å². The Hall–Kier alpha value is -3.95. The van der Waals surface area contributed by atoms with Crippen molar-refractivity contribution in [2.24, 2.45) is 14.1 Å². The molecule has 1 aromatic carbocycles. The summed E-state index contributed by atoms with van der Waals surface area (Å²) in [5.41, 5.74) is 1.95. The van der Waals surface area contributed by atoms with Crippen LogP contribution in [0, 0.1) is 6.92 Å². The number of benzene rings is 1. The van der Waals surface area contributed by atoms with Gasteiger partial charge in [-0.3, -0.25) is 18.7 Å². The van der Waals surface area contributed by atoms with Crippen LogP contribution in [-0.2, 0) is 20.5 Å². The molecule has 160 valence electrons. The third-order valence-electron chi connectivity index (χ3n) is 5.10. The number of carbonyl (C=O) groups excluding carboxylic acids is 1. The van der Waals surface area contributed by atoms with Gasteiger partial charge in [0.15, 0.2) is 17.1 Å². The Morgan fingerprint density at radius 3 is 2.65 bits per heavy atom. The highest BCUT2D eigenvalue weighted by molar-refractivity contribution is 5.93. The first-order valence-electron chi connectivity index (χ1n) is 9.81. The average Bonchev–Trinajstić information content (AvgIpc) is 3.42. The van der Waals surface area contributed by atoms with Crippen molar-refractivity contribution < 1.29 is 9.32 Å². The highest BCUT2D eigenvalue weighted by Gasteiger charge is 2.15. The molecule has 31 heavy (non-hydrogen) atoms. The number of rotatable bonds is 6. The minimum Gasteiger partial charge on any atom is -0.355 e. The van der Waals surface area contributed by atoms with Crippen LogP contribution in [0.15, 0.2) is 44.4 Å². The lowest BCUT2D eigenvalue weighted by Gasteiger charge is -2.01. The Morgan fingerprint density at radius 1 is 1.16 bits per heavy atom. The van der Waals surface area contributed by atoms with E-state index in [0.717, 1.165) is 15.7 Å². The fourth-order valence-corrected chi connectivity index (χ4v) is 3.28. The van der Waals surface area contributed by atoms with Crippen molar-refractivity contribution in [3.63, 3.8) is 0 Å². The van der Waals surface area contributed by atoms with Gasteiger partial charge in [-0.1, -0.05) is 35.0 Å². The maximum atomic E-state index is 12.3. The van der Waals surface area contributed by atoms with Crippen LogP contribution in [0.4, 0.5) is 0 Å². The van der Waals surface area contributed by atoms with Gasteiger partial charge in [-0.05, 0) is 13.3 Å². The normalized spacial score (nSPS) is 11.2. The first kappa shape index (κ1) is 20.3. The zero-order chi connectivity index (χ0) is 22.1. The molecule has 0 fully saturated rings. The van der Waals surface area contributed by atoms with Gasteiger partial charge in [0, 0.05) is 38.7 Å². The predicted octanol–water partition coefficient (Wildman–Crippen LogP) is 1.29. The molecule has 0 aliphatic heterocycles. The number of aryl methyl sites for hydroxylation is 3. The Bertz CT molecular complexity index is 1370. The van der Waals surface area contributed by atoms with Crippen molar-refractivity contribution in [1.29, 1.82) is 0 Å². The standard InChI is InChI=1S/C21H22N6O4/c1-12-6-8-13(9-7-12)15-11-14(25-31-15)19(28)22-10-4-5-16-23-17-18(24-16)26(2)21(30)27(3)20(17)29/h6-9,11H,4-5,10H2,1-3H3,(H,22,28)(H,23,24). The summed E-state index contributed by atoms with van der Waals surface area (Å²) in [7, 11) is 2.99. The van der Waals surface area contributed by atoms with E-state index >= 15 is 0 Å². The number of hydrogen-bond donors (Lipinski definition) is 2. The number of hydrogen-bond acceptors (Lipinski definition) is 6. The molecule has 0 spiro atoms. The van der Waals surface area contributed by atoms with Gasteiger partial charge in [0.05, 0.1) is 0 Å².